The van der Waals surface area contributed by atoms with Crippen molar-refractivity contribution in [3.63, 3.8) is 0 Å². The van der Waals surface area contributed by atoms with Gasteiger partial charge in [0.15, 0.2) is 0 Å². The number of pyridine rings is 1. The maximum Gasteiger partial charge on any atom is 0.274 e. The molecule has 27 heavy (non-hydrogen) atoms. The second-order valence-electron chi connectivity index (χ2n) is 5.58. The van der Waals surface area contributed by atoms with Gasteiger partial charge in [0.1, 0.15) is 17.2 Å². The van der Waals surface area contributed by atoms with E-state index in [1.807, 2.05) is 12.1 Å². The van der Waals surface area contributed by atoms with E-state index in [1.165, 1.54) is 0 Å². The molecule has 0 radical (unpaired) electrons. The van der Waals surface area contributed by atoms with Crippen molar-refractivity contribution in [2.24, 2.45) is 0 Å². The number of hydrogen-bond donors (Lipinski definition) is 2. The van der Waals surface area contributed by atoms with Gasteiger partial charge in [-0.2, -0.15) is 0 Å². The number of ether oxygens (including phenoxy) is 2. The number of hydrogen-bond acceptors (Lipinski definition) is 5. The summed E-state index contributed by atoms with van der Waals surface area (Å²) in [5.41, 5.74) is 2.37. The van der Waals surface area contributed by atoms with Crippen LogP contribution in [-0.2, 0) is 0 Å². The van der Waals surface area contributed by atoms with E-state index >= 15 is 0 Å². The van der Waals surface area contributed by atoms with Crippen LogP contribution in [0.1, 0.15) is 10.5 Å². The second kappa shape index (κ2) is 8.42. The molecule has 0 atom stereocenters. The fourth-order valence-electron chi connectivity index (χ4n) is 2.42. The van der Waals surface area contributed by atoms with Crippen LogP contribution in [0.15, 0.2) is 60.8 Å². The predicted molar refractivity (Wildman–Crippen MR) is 106 cm³/mol. The van der Waals surface area contributed by atoms with Crippen LogP contribution in [0.5, 0.6) is 11.5 Å². The lowest BCUT2D eigenvalue weighted by atomic mass is 10.2. The first-order chi connectivity index (χ1) is 13.1. The van der Waals surface area contributed by atoms with E-state index in [1.54, 1.807) is 62.9 Å². The van der Waals surface area contributed by atoms with Crippen molar-refractivity contribution in [3.8, 4) is 11.5 Å². The largest absolute Gasteiger partial charge is 0.497 e. The molecule has 0 aliphatic carbocycles. The molecule has 0 aliphatic heterocycles. The molecular weight excluding hydrogens is 366 g/mol. The first kappa shape index (κ1) is 18.5. The molecule has 0 bridgehead atoms. The summed E-state index contributed by atoms with van der Waals surface area (Å²) in [6.07, 6.45) is 1.56. The molecule has 0 unspecified atom stereocenters. The Balaban J connectivity index is 1.77. The monoisotopic (exact) mass is 383 g/mol. The molecule has 138 valence electrons. The number of rotatable bonds is 6. The smallest absolute Gasteiger partial charge is 0.274 e. The first-order valence-electron chi connectivity index (χ1n) is 8.11. The molecule has 0 spiro atoms. The number of carbonyl (C=O) groups excluding carboxylic acids is 1. The minimum absolute atomic E-state index is 0.280. The number of carbonyl (C=O) groups is 1. The number of benzene rings is 2. The summed E-state index contributed by atoms with van der Waals surface area (Å²) in [7, 11) is 3.17. The summed E-state index contributed by atoms with van der Waals surface area (Å²) in [4.78, 5) is 16.6. The highest BCUT2D eigenvalue weighted by Crippen LogP contribution is 2.31. The number of nitrogens with zero attached hydrogens (tertiary/aromatic N) is 1. The standard InChI is InChI=1S/C20H18ClN3O3/c1-26-16-7-8-17(19(12-16)27-2)23-15-9-10-22-18(11-15)20(25)24-14-5-3-13(21)4-6-14/h3-12H,1-2H3,(H,22,23)(H,24,25). The van der Waals surface area contributed by atoms with Gasteiger partial charge in [0.25, 0.3) is 5.91 Å². The zero-order chi connectivity index (χ0) is 19.2. The van der Waals surface area contributed by atoms with E-state index in [2.05, 4.69) is 15.6 Å². The van der Waals surface area contributed by atoms with Crippen molar-refractivity contribution >= 4 is 34.6 Å². The van der Waals surface area contributed by atoms with Crippen LogP contribution in [0.2, 0.25) is 5.02 Å². The fourth-order valence-corrected chi connectivity index (χ4v) is 2.54. The Morgan fingerprint density at radius 3 is 2.44 bits per heavy atom. The Hall–Kier alpha value is -3.25. The van der Waals surface area contributed by atoms with E-state index in [0.717, 1.165) is 5.69 Å². The maximum absolute atomic E-state index is 12.4. The number of halogens is 1. The molecule has 2 N–H and O–H groups in total. The van der Waals surface area contributed by atoms with Crippen LogP contribution in [0.4, 0.5) is 17.1 Å². The lowest BCUT2D eigenvalue weighted by Crippen LogP contribution is -2.13. The SMILES string of the molecule is COc1ccc(Nc2ccnc(C(=O)Nc3ccc(Cl)cc3)c2)c(OC)c1. The van der Waals surface area contributed by atoms with Crippen LogP contribution < -0.4 is 20.1 Å². The Morgan fingerprint density at radius 1 is 0.963 bits per heavy atom. The summed E-state index contributed by atoms with van der Waals surface area (Å²) < 4.78 is 10.6. The number of amides is 1. The minimum Gasteiger partial charge on any atom is -0.497 e. The lowest BCUT2D eigenvalue weighted by Gasteiger charge is -2.13. The van der Waals surface area contributed by atoms with Gasteiger partial charge >= 0.3 is 0 Å². The predicted octanol–water partition coefficient (Wildman–Crippen LogP) is 4.75. The van der Waals surface area contributed by atoms with Crippen LogP contribution in [0.25, 0.3) is 0 Å². The highest BCUT2D eigenvalue weighted by Gasteiger charge is 2.10. The van der Waals surface area contributed by atoms with Gasteiger partial charge in [0.2, 0.25) is 0 Å². The van der Waals surface area contributed by atoms with Gasteiger partial charge in [-0.3, -0.25) is 9.78 Å². The third-order valence-electron chi connectivity index (χ3n) is 3.78. The van der Waals surface area contributed by atoms with E-state index in [9.17, 15) is 4.79 Å². The molecule has 1 aromatic heterocycles. The van der Waals surface area contributed by atoms with Gasteiger partial charge < -0.3 is 20.1 Å². The van der Waals surface area contributed by atoms with Crippen LogP contribution in [-0.4, -0.2) is 25.1 Å². The first-order valence-corrected chi connectivity index (χ1v) is 8.49. The normalized spacial score (nSPS) is 10.2. The van der Waals surface area contributed by atoms with Crippen molar-refractivity contribution in [1.29, 1.82) is 0 Å². The Morgan fingerprint density at radius 2 is 1.74 bits per heavy atom. The molecule has 0 saturated carbocycles. The van der Waals surface area contributed by atoms with Gasteiger partial charge in [-0.25, -0.2) is 0 Å². The van der Waals surface area contributed by atoms with Gasteiger partial charge in [-0.15, -0.1) is 0 Å². The van der Waals surface area contributed by atoms with Crippen molar-refractivity contribution in [2.45, 2.75) is 0 Å². The van der Waals surface area contributed by atoms with Crippen LogP contribution in [0.3, 0.4) is 0 Å². The minimum atomic E-state index is -0.317. The zero-order valence-corrected chi connectivity index (χ0v) is 15.6. The molecule has 0 saturated heterocycles. The zero-order valence-electron chi connectivity index (χ0n) is 14.8. The number of methoxy groups -OCH3 is 2. The summed E-state index contributed by atoms with van der Waals surface area (Å²) in [5, 5.41) is 6.61. The average molecular weight is 384 g/mol. The van der Waals surface area contributed by atoms with E-state index in [4.69, 9.17) is 21.1 Å². The number of nitrogens with one attached hydrogen (secondary N) is 2. The summed E-state index contributed by atoms with van der Waals surface area (Å²) in [6.45, 7) is 0. The third kappa shape index (κ3) is 4.68. The van der Waals surface area contributed by atoms with Gasteiger partial charge in [-0.05, 0) is 48.5 Å². The Bertz CT molecular complexity index is 945. The molecule has 0 aliphatic rings. The van der Waals surface area contributed by atoms with Gasteiger partial charge in [-0.1, -0.05) is 11.6 Å². The molecular formula is C20H18ClN3O3. The number of aromatic nitrogens is 1. The van der Waals surface area contributed by atoms with Crippen LogP contribution >= 0.6 is 11.6 Å². The molecule has 3 rings (SSSR count). The highest BCUT2D eigenvalue weighted by atomic mass is 35.5. The molecule has 3 aromatic rings. The van der Waals surface area contributed by atoms with E-state index < -0.39 is 0 Å². The third-order valence-corrected chi connectivity index (χ3v) is 4.03. The van der Waals surface area contributed by atoms with Crippen molar-refractivity contribution < 1.29 is 14.3 Å². The molecule has 2 aromatic carbocycles. The molecule has 6 nitrogen and oxygen atoms in total. The Kier molecular flexibility index (Phi) is 5.78. The Labute approximate surface area is 162 Å². The molecule has 1 heterocycles. The van der Waals surface area contributed by atoms with Gasteiger partial charge in [0, 0.05) is 28.7 Å². The van der Waals surface area contributed by atoms with Gasteiger partial charge in [0.05, 0.1) is 19.9 Å². The summed E-state index contributed by atoms with van der Waals surface area (Å²) in [6, 6.07) is 15.7. The lowest BCUT2D eigenvalue weighted by molar-refractivity contribution is 0.102. The molecule has 7 heteroatoms. The maximum atomic E-state index is 12.4. The second-order valence-corrected chi connectivity index (χ2v) is 6.02. The summed E-state index contributed by atoms with van der Waals surface area (Å²) in [5.74, 6) is 0.996. The van der Waals surface area contributed by atoms with Crippen molar-refractivity contribution in [3.05, 3.63) is 71.5 Å². The summed E-state index contributed by atoms with van der Waals surface area (Å²) >= 11 is 5.86. The quantitative estimate of drug-likeness (QED) is 0.642. The van der Waals surface area contributed by atoms with E-state index in [-0.39, 0.29) is 11.6 Å². The topological polar surface area (TPSA) is 72.5 Å². The molecule has 1 amide bonds. The number of anilines is 3. The average Bonchev–Trinajstić information content (AvgIpc) is 2.70. The van der Waals surface area contributed by atoms with Crippen molar-refractivity contribution in [1.82, 2.24) is 4.98 Å². The fraction of sp³-hybridized carbons (Fsp3) is 0.100. The van der Waals surface area contributed by atoms with E-state index in [0.29, 0.717) is 27.9 Å². The van der Waals surface area contributed by atoms with Crippen LogP contribution in [0, 0.1) is 0 Å². The molecule has 0 fully saturated rings. The van der Waals surface area contributed by atoms with Crippen molar-refractivity contribution in [2.75, 3.05) is 24.9 Å². The highest BCUT2D eigenvalue weighted by molar-refractivity contribution is 6.30.